The summed E-state index contributed by atoms with van der Waals surface area (Å²) in [4.78, 5) is 37.6. The fourth-order valence-corrected chi connectivity index (χ4v) is 6.85. The number of nitrogens with one attached hydrogen (secondary N) is 3. The monoisotopic (exact) mass is 659 g/mol. The van der Waals surface area contributed by atoms with Crippen LogP contribution in [0.5, 0.6) is 5.75 Å². The Hall–Kier alpha value is -3.54. The van der Waals surface area contributed by atoms with Crippen molar-refractivity contribution in [2.24, 2.45) is 11.1 Å². The number of carboxylic acid groups (broad SMARTS) is 1. The molecule has 10 heteroatoms. The summed E-state index contributed by atoms with van der Waals surface area (Å²) in [6, 6.07) is 14.5. The predicted molar refractivity (Wildman–Crippen MR) is 149 cm³/mol. The first-order chi connectivity index (χ1) is 19.3. The van der Waals surface area contributed by atoms with Crippen LogP contribution in [0.1, 0.15) is 56.6 Å². The molecule has 1 aliphatic carbocycles. The number of benzene rings is 2. The van der Waals surface area contributed by atoms with Gasteiger partial charge in [-0.15, -0.1) is 0 Å². The molecule has 6 N–H and O–H groups in total. The molecule has 0 unspecified atom stereocenters. The Balaban J connectivity index is 1.37. The van der Waals surface area contributed by atoms with Crippen LogP contribution in [0.25, 0.3) is 3.58 Å². The molecule has 2 aliphatic rings. The molecule has 4 rings (SSSR count). The van der Waals surface area contributed by atoms with Gasteiger partial charge in [0.05, 0.1) is 0 Å². The van der Waals surface area contributed by atoms with Crippen LogP contribution in [-0.2, 0) is 21.0 Å². The maximum atomic E-state index is 13.1. The number of amides is 2. The van der Waals surface area contributed by atoms with E-state index in [9.17, 15) is 19.5 Å². The summed E-state index contributed by atoms with van der Waals surface area (Å²) in [6.45, 7) is 2.36. The molecule has 0 radical (unpaired) electrons. The standard InChI is InChI=1S/C30H36IN4O5/c1-2-3-8-24(35-28(37)30(29(38)39)16-6-17-30)27(36)34-21-12-10-20(11-13-21)18-40-25-9-5-4-7-22(25)23-14-15-26(32)33-19-31-23/h4-5,7,9-15,24,33H,2-3,6,8,16-19,32H2,1H3,(H,34,36)(H,35,37)(H,38,39)/q-1/t24-/m0/s1. The number of alkyl halides is 1. The van der Waals surface area contributed by atoms with Crippen LogP contribution in [0.4, 0.5) is 5.69 Å². The second-order valence-electron chi connectivity index (χ2n) is 9.96. The van der Waals surface area contributed by atoms with Gasteiger partial charge in [0.15, 0.2) is 0 Å². The number of aliphatic carboxylic acids is 1. The van der Waals surface area contributed by atoms with E-state index in [0.717, 1.165) is 34.3 Å². The van der Waals surface area contributed by atoms with Crippen molar-refractivity contribution in [3.63, 3.8) is 0 Å². The number of halogens is 1. The number of carbonyl (C=O) groups is 3. The fourth-order valence-electron chi connectivity index (χ4n) is 4.52. The molecular weight excluding hydrogens is 623 g/mol. The van der Waals surface area contributed by atoms with E-state index in [4.69, 9.17) is 10.5 Å². The van der Waals surface area contributed by atoms with Gasteiger partial charge in [0.25, 0.3) is 0 Å². The van der Waals surface area contributed by atoms with Crippen molar-refractivity contribution in [1.29, 1.82) is 0 Å². The van der Waals surface area contributed by atoms with E-state index in [1.54, 1.807) is 12.1 Å². The number of hydrogen-bond acceptors (Lipinski definition) is 6. The Bertz CT molecular complexity index is 1290. The van der Waals surface area contributed by atoms with Crippen LogP contribution < -0.4 is 47.6 Å². The van der Waals surface area contributed by atoms with E-state index < -0.39 is 23.3 Å². The van der Waals surface area contributed by atoms with E-state index in [0.29, 0.717) is 43.8 Å². The van der Waals surface area contributed by atoms with Crippen molar-refractivity contribution in [2.45, 2.75) is 58.1 Å². The number of anilines is 1. The molecule has 1 aliphatic heterocycles. The number of carbonyl (C=O) groups excluding carboxylic acids is 2. The number of allylic oxidation sites excluding steroid dienone is 2. The van der Waals surface area contributed by atoms with Crippen LogP contribution in [0.2, 0.25) is 0 Å². The maximum absolute atomic E-state index is 13.1. The van der Waals surface area contributed by atoms with Crippen LogP contribution >= 0.6 is 0 Å². The Morgan fingerprint density at radius 2 is 1.88 bits per heavy atom. The zero-order valence-corrected chi connectivity index (χ0v) is 24.7. The molecule has 0 saturated heterocycles. The van der Waals surface area contributed by atoms with E-state index in [2.05, 4.69) is 28.1 Å². The van der Waals surface area contributed by atoms with Gasteiger partial charge in [-0.1, -0.05) is 26.2 Å². The van der Waals surface area contributed by atoms with Gasteiger partial charge in [-0.05, 0) is 19.3 Å². The first-order valence-electron chi connectivity index (χ1n) is 13.5. The molecular formula is C30H36IN4O5-. The van der Waals surface area contributed by atoms with Gasteiger partial charge < -0.3 is 10.4 Å². The minimum atomic E-state index is -1.42. The van der Waals surface area contributed by atoms with Crippen LogP contribution in [0, 0.1) is 5.41 Å². The van der Waals surface area contributed by atoms with Crippen molar-refractivity contribution >= 4 is 27.1 Å². The number of carboxylic acids is 1. The first-order valence-corrected chi connectivity index (χ1v) is 16.1. The van der Waals surface area contributed by atoms with E-state index in [-0.39, 0.29) is 27.1 Å². The molecule has 1 saturated carbocycles. The molecule has 1 fully saturated rings. The van der Waals surface area contributed by atoms with Crippen LogP contribution in [0.3, 0.4) is 0 Å². The third-order valence-corrected chi connectivity index (χ3v) is 9.70. The predicted octanol–water partition coefficient (Wildman–Crippen LogP) is 0.925. The number of hydrogen-bond donors (Lipinski definition) is 5. The number of unbranched alkanes of at least 4 members (excludes halogenated alkanes) is 1. The second-order valence-corrected chi connectivity index (χ2v) is 12.6. The summed E-state index contributed by atoms with van der Waals surface area (Å²) in [5.41, 5.74) is 7.09. The average molecular weight is 660 g/mol. The first kappa shape index (κ1) is 29.4. The quantitative estimate of drug-likeness (QED) is 0.0988. The van der Waals surface area contributed by atoms with Crippen LogP contribution in [-0.4, -0.2) is 33.5 Å². The minimum absolute atomic E-state index is 0.263. The average Bonchev–Trinajstić information content (AvgIpc) is 3.14. The fraction of sp³-hybridized carbons (Fsp3) is 0.367. The molecule has 40 heavy (non-hydrogen) atoms. The number of ether oxygens (including phenoxy) is 1. The molecule has 1 atom stereocenters. The molecule has 214 valence electrons. The van der Waals surface area contributed by atoms with Crippen LogP contribution in [0.15, 0.2) is 66.5 Å². The molecule has 0 spiro atoms. The zero-order valence-electron chi connectivity index (χ0n) is 22.5. The molecule has 2 aromatic rings. The molecule has 2 aromatic carbocycles. The Labute approximate surface area is 244 Å². The van der Waals surface area contributed by atoms with Crippen molar-refractivity contribution in [3.8, 4) is 5.75 Å². The van der Waals surface area contributed by atoms with Gasteiger partial charge in [0, 0.05) is 0 Å². The summed E-state index contributed by atoms with van der Waals surface area (Å²) < 4.78 is 8.29. The number of rotatable bonds is 12. The molecule has 0 aromatic heterocycles. The zero-order chi connectivity index (χ0) is 28.5. The van der Waals surface area contributed by atoms with Crippen molar-refractivity contribution in [2.75, 3.05) is 9.87 Å². The third-order valence-electron chi connectivity index (χ3n) is 7.17. The normalized spacial score (nSPS) is 16.8. The molecule has 1 heterocycles. The van der Waals surface area contributed by atoms with Gasteiger partial charge in [0.2, 0.25) is 5.91 Å². The van der Waals surface area contributed by atoms with E-state index >= 15 is 0 Å². The Kier molecular flexibility index (Phi) is 10.1. The number of nitrogens with two attached hydrogens (primary N) is 1. The van der Waals surface area contributed by atoms with E-state index in [1.165, 1.54) is 3.58 Å². The van der Waals surface area contributed by atoms with Gasteiger partial charge in [-0.2, -0.15) is 0 Å². The van der Waals surface area contributed by atoms with Crippen molar-refractivity contribution < 1.29 is 45.4 Å². The third kappa shape index (κ3) is 7.15. The number of para-hydroxylation sites is 1. The van der Waals surface area contributed by atoms with Gasteiger partial charge in [-0.25, -0.2) is 0 Å². The second kappa shape index (κ2) is 13.7. The Morgan fingerprint density at radius 1 is 1.12 bits per heavy atom. The van der Waals surface area contributed by atoms with E-state index in [1.807, 2.05) is 43.3 Å². The summed E-state index contributed by atoms with van der Waals surface area (Å²) >= 11 is -0.263. The molecule has 9 nitrogen and oxygen atoms in total. The Morgan fingerprint density at radius 3 is 2.55 bits per heavy atom. The van der Waals surface area contributed by atoms with Gasteiger partial charge in [0.1, 0.15) is 5.41 Å². The topological polar surface area (TPSA) is 143 Å². The summed E-state index contributed by atoms with van der Waals surface area (Å²) in [5.74, 6) is -0.587. The van der Waals surface area contributed by atoms with Gasteiger partial charge in [-0.3, -0.25) is 9.59 Å². The van der Waals surface area contributed by atoms with Crippen molar-refractivity contribution in [1.82, 2.24) is 10.6 Å². The van der Waals surface area contributed by atoms with Crippen molar-refractivity contribution in [3.05, 3.63) is 77.6 Å². The summed E-state index contributed by atoms with van der Waals surface area (Å²) in [5, 5.41) is 18.4. The summed E-state index contributed by atoms with van der Waals surface area (Å²) in [6.07, 6.45) is 7.26. The summed E-state index contributed by atoms with van der Waals surface area (Å²) in [7, 11) is 0. The molecule has 2 amide bonds. The van der Waals surface area contributed by atoms with Gasteiger partial charge >= 0.3 is 169 Å². The SMILES string of the molecule is CCCC[C@H](NC(=O)C1(C(=O)O)CCC1)C(=O)Nc1ccc(COc2ccccc2C2=CC=C(N)NC[I-]2)cc1. The molecule has 0 bridgehead atoms.